The largest absolute Gasteiger partial charge is 0.506 e. The van der Waals surface area contributed by atoms with Gasteiger partial charge in [-0.1, -0.05) is 48.0 Å². The lowest BCUT2D eigenvalue weighted by Crippen LogP contribution is -2.32. The number of halogens is 1. The highest BCUT2D eigenvalue weighted by molar-refractivity contribution is 6.32. The van der Waals surface area contributed by atoms with Crippen molar-refractivity contribution in [3.05, 3.63) is 76.0 Å². The summed E-state index contributed by atoms with van der Waals surface area (Å²) in [5.74, 6) is -1.52. The number of hydrogen-bond acceptors (Lipinski definition) is 5. The van der Waals surface area contributed by atoms with Gasteiger partial charge < -0.3 is 19.8 Å². The molecule has 0 aliphatic carbocycles. The minimum Gasteiger partial charge on any atom is -0.506 e. The number of rotatable bonds is 9. The molecular weight excluding hydrogens is 406 g/mol. The van der Waals surface area contributed by atoms with Crippen molar-refractivity contribution in [3.8, 4) is 5.75 Å². The molecule has 7 heteroatoms. The second-order valence-corrected chi connectivity index (χ2v) is 7.54. The van der Waals surface area contributed by atoms with Gasteiger partial charge in [-0.15, -0.1) is 0 Å². The molecule has 2 aromatic rings. The van der Waals surface area contributed by atoms with Gasteiger partial charge in [0, 0.05) is 26.7 Å². The SMILES string of the molecule is COCCCN1C(=O)C(O)=C(C(=O)CCc2ccccc2)C1c1ccc(O)c(Cl)c1. The molecule has 1 aliphatic heterocycles. The number of carbonyl (C=O) groups is 2. The standard InChI is InChI=1S/C23H24ClNO5/c1-30-13-5-12-25-21(16-9-11-18(26)17(24)14-16)20(22(28)23(25)29)19(27)10-8-15-6-3-2-4-7-15/h2-4,6-7,9,11,14,21,26,28H,5,8,10,12-13H2,1H3. The highest BCUT2D eigenvalue weighted by Gasteiger charge is 2.43. The van der Waals surface area contributed by atoms with Crippen molar-refractivity contribution in [2.75, 3.05) is 20.3 Å². The van der Waals surface area contributed by atoms with Crippen LogP contribution in [0.3, 0.4) is 0 Å². The summed E-state index contributed by atoms with van der Waals surface area (Å²) in [6.07, 6.45) is 1.20. The zero-order valence-corrected chi connectivity index (χ0v) is 17.4. The highest BCUT2D eigenvalue weighted by atomic mass is 35.5. The van der Waals surface area contributed by atoms with Crippen LogP contribution in [0.4, 0.5) is 0 Å². The van der Waals surface area contributed by atoms with E-state index in [9.17, 15) is 19.8 Å². The number of aryl methyl sites for hydroxylation is 1. The van der Waals surface area contributed by atoms with Crippen LogP contribution in [0.5, 0.6) is 5.75 Å². The van der Waals surface area contributed by atoms with Gasteiger partial charge in [0.2, 0.25) is 0 Å². The van der Waals surface area contributed by atoms with E-state index in [0.717, 1.165) is 5.56 Å². The van der Waals surface area contributed by atoms with Crippen LogP contribution in [-0.2, 0) is 20.7 Å². The van der Waals surface area contributed by atoms with Gasteiger partial charge in [0.15, 0.2) is 11.5 Å². The number of carbonyl (C=O) groups excluding carboxylic acids is 2. The fraction of sp³-hybridized carbons (Fsp3) is 0.304. The van der Waals surface area contributed by atoms with E-state index in [1.807, 2.05) is 30.3 Å². The maximum absolute atomic E-state index is 13.1. The Kier molecular flexibility index (Phi) is 7.13. The van der Waals surface area contributed by atoms with Crippen LogP contribution >= 0.6 is 11.6 Å². The molecular formula is C23H24ClNO5. The molecule has 6 nitrogen and oxygen atoms in total. The number of benzene rings is 2. The summed E-state index contributed by atoms with van der Waals surface area (Å²) < 4.78 is 5.07. The number of phenolic OH excluding ortho intramolecular Hbond substituents is 1. The molecule has 3 rings (SSSR count). The smallest absolute Gasteiger partial charge is 0.290 e. The Morgan fingerprint density at radius 2 is 1.90 bits per heavy atom. The first-order valence-corrected chi connectivity index (χ1v) is 10.1. The number of ketones is 1. The Balaban J connectivity index is 1.91. The zero-order valence-electron chi connectivity index (χ0n) is 16.7. The van der Waals surface area contributed by atoms with Crippen molar-refractivity contribution in [2.24, 2.45) is 0 Å². The van der Waals surface area contributed by atoms with Crippen molar-refractivity contribution >= 4 is 23.3 Å². The average Bonchev–Trinajstić information content (AvgIpc) is 3.00. The second-order valence-electron chi connectivity index (χ2n) is 7.13. The van der Waals surface area contributed by atoms with Gasteiger partial charge in [0.05, 0.1) is 16.6 Å². The maximum atomic E-state index is 13.1. The van der Waals surface area contributed by atoms with Gasteiger partial charge in [-0.3, -0.25) is 9.59 Å². The first-order valence-electron chi connectivity index (χ1n) is 9.72. The topological polar surface area (TPSA) is 87.1 Å². The first kappa shape index (κ1) is 21.9. The van der Waals surface area contributed by atoms with Crippen molar-refractivity contribution in [1.82, 2.24) is 4.90 Å². The Morgan fingerprint density at radius 1 is 1.17 bits per heavy atom. The molecule has 0 spiro atoms. The van der Waals surface area contributed by atoms with Gasteiger partial charge in [0.1, 0.15) is 5.75 Å². The number of ether oxygens (including phenoxy) is 1. The van der Waals surface area contributed by atoms with E-state index in [1.165, 1.54) is 17.0 Å². The Hall–Kier alpha value is -2.83. The molecule has 1 aliphatic rings. The van der Waals surface area contributed by atoms with Gasteiger partial charge in [0.25, 0.3) is 5.91 Å². The van der Waals surface area contributed by atoms with E-state index in [1.54, 1.807) is 13.2 Å². The van der Waals surface area contributed by atoms with Crippen molar-refractivity contribution in [2.45, 2.75) is 25.3 Å². The number of aromatic hydroxyl groups is 1. The van der Waals surface area contributed by atoms with Crippen molar-refractivity contribution in [3.63, 3.8) is 0 Å². The monoisotopic (exact) mass is 429 g/mol. The van der Waals surface area contributed by atoms with Crippen molar-refractivity contribution < 1.29 is 24.5 Å². The number of nitrogens with zero attached hydrogens (tertiary/aromatic N) is 1. The van der Waals surface area contributed by atoms with Crippen LogP contribution < -0.4 is 0 Å². The van der Waals surface area contributed by atoms with Crippen LogP contribution in [0, 0.1) is 0 Å². The summed E-state index contributed by atoms with van der Waals surface area (Å²) in [4.78, 5) is 27.3. The second kappa shape index (κ2) is 9.78. The summed E-state index contributed by atoms with van der Waals surface area (Å²) in [5, 5.41) is 20.4. The quantitative estimate of drug-likeness (QED) is 0.589. The molecule has 0 aromatic heterocycles. The molecule has 0 radical (unpaired) electrons. The zero-order chi connectivity index (χ0) is 21.7. The summed E-state index contributed by atoms with van der Waals surface area (Å²) in [7, 11) is 1.57. The molecule has 0 fully saturated rings. The lowest BCUT2D eigenvalue weighted by molar-refractivity contribution is -0.129. The van der Waals surface area contributed by atoms with E-state index in [0.29, 0.717) is 31.6 Å². The number of phenols is 1. The van der Waals surface area contributed by atoms with Gasteiger partial charge >= 0.3 is 0 Å². The third kappa shape index (κ3) is 4.66. The van der Waals surface area contributed by atoms with Gasteiger partial charge in [-0.05, 0) is 36.1 Å². The average molecular weight is 430 g/mol. The fourth-order valence-corrected chi connectivity index (χ4v) is 3.81. The van der Waals surface area contributed by atoms with E-state index < -0.39 is 17.7 Å². The van der Waals surface area contributed by atoms with Gasteiger partial charge in [-0.2, -0.15) is 0 Å². The maximum Gasteiger partial charge on any atom is 0.290 e. The first-order chi connectivity index (χ1) is 14.4. The summed E-state index contributed by atoms with van der Waals surface area (Å²) in [6.45, 7) is 0.736. The van der Waals surface area contributed by atoms with Crippen molar-refractivity contribution in [1.29, 1.82) is 0 Å². The Bertz CT molecular complexity index is 957. The van der Waals surface area contributed by atoms with Crippen LogP contribution in [0.15, 0.2) is 59.9 Å². The molecule has 1 unspecified atom stereocenters. The highest BCUT2D eigenvalue weighted by Crippen LogP contribution is 2.40. The Labute approximate surface area is 180 Å². The summed E-state index contributed by atoms with van der Waals surface area (Å²) in [6, 6.07) is 13.3. The number of hydrogen-bond donors (Lipinski definition) is 2. The van der Waals surface area contributed by atoms with E-state index in [-0.39, 0.29) is 28.5 Å². The van der Waals surface area contributed by atoms with Crippen LogP contribution in [0.1, 0.15) is 30.0 Å². The van der Waals surface area contributed by atoms with Crippen LogP contribution in [-0.4, -0.2) is 47.1 Å². The molecule has 2 aromatic carbocycles. The lowest BCUT2D eigenvalue weighted by Gasteiger charge is -2.27. The normalized spacial score (nSPS) is 16.4. The van der Waals surface area contributed by atoms with E-state index in [4.69, 9.17) is 16.3 Å². The number of aliphatic hydroxyl groups is 1. The molecule has 0 saturated carbocycles. The number of amides is 1. The molecule has 0 bridgehead atoms. The predicted molar refractivity (Wildman–Crippen MR) is 113 cm³/mol. The minimum atomic E-state index is -0.768. The minimum absolute atomic E-state index is 0.0649. The van der Waals surface area contributed by atoms with Crippen LogP contribution in [0.25, 0.3) is 0 Å². The third-order valence-corrected chi connectivity index (χ3v) is 5.43. The number of aliphatic hydroxyl groups excluding tert-OH is 1. The fourth-order valence-electron chi connectivity index (χ4n) is 3.63. The molecule has 1 atom stereocenters. The number of methoxy groups -OCH3 is 1. The summed E-state index contributed by atoms with van der Waals surface area (Å²) >= 11 is 6.07. The van der Waals surface area contributed by atoms with E-state index >= 15 is 0 Å². The molecule has 2 N–H and O–H groups in total. The van der Waals surface area contributed by atoms with Crippen LogP contribution in [0.2, 0.25) is 5.02 Å². The van der Waals surface area contributed by atoms with E-state index in [2.05, 4.69) is 0 Å². The van der Waals surface area contributed by atoms with Gasteiger partial charge in [-0.25, -0.2) is 0 Å². The third-order valence-electron chi connectivity index (χ3n) is 5.12. The Morgan fingerprint density at radius 3 is 2.57 bits per heavy atom. The molecule has 0 saturated heterocycles. The molecule has 1 heterocycles. The lowest BCUT2D eigenvalue weighted by atomic mass is 9.93. The summed E-state index contributed by atoms with van der Waals surface area (Å²) in [5.41, 5.74) is 1.61. The molecule has 158 valence electrons. The molecule has 1 amide bonds. The predicted octanol–water partition coefficient (Wildman–Crippen LogP) is 3.98. The number of Topliss-reactive ketones (excluding diaryl/α,β-unsaturated/α-hetero) is 1. The molecule has 30 heavy (non-hydrogen) atoms.